The first kappa shape index (κ1) is 8.99. The maximum Gasteiger partial charge on any atom is 0.328 e. The van der Waals surface area contributed by atoms with Gasteiger partial charge in [0.2, 0.25) is 5.91 Å². The van der Waals surface area contributed by atoms with Gasteiger partial charge in [0.1, 0.15) is 0 Å². The molecule has 12 heavy (non-hydrogen) atoms. The number of carbonyl (C=O) groups excluding carboxylic acids is 1. The summed E-state index contributed by atoms with van der Waals surface area (Å²) in [5.41, 5.74) is 0. The zero-order chi connectivity index (χ0) is 9.14. The first-order chi connectivity index (χ1) is 5.63. The van der Waals surface area contributed by atoms with E-state index in [4.69, 9.17) is 9.84 Å². The molecule has 0 aromatic rings. The van der Waals surface area contributed by atoms with Crippen LogP contribution in [-0.2, 0) is 14.3 Å². The lowest BCUT2D eigenvalue weighted by molar-refractivity contribution is -0.157. The van der Waals surface area contributed by atoms with E-state index in [9.17, 15) is 9.59 Å². The van der Waals surface area contributed by atoms with Crippen LogP contribution in [0, 0.1) is 0 Å². The Morgan fingerprint density at radius 1 is 1.58 bits per heavy atom. The Morgan fingerprint density at radius 3 is 2.67 bits per heavy atom. The molecule has 1 aliphatic heterocycles. The monoisotopic (exact) mass is 173 g/mol. The van der Waals surface area contributed by atoms with Gasteiger partial charge in [-0.1, -0.05) is 0 Å². The smallest absolute Gasteiger partial charge is 0.328 e. The molecule has 1 saturated heterocycles. The molecule has 0 aliphatic carbocycles. The van der Waals surface area contributed by atoms with E-state index in [1.165, 1.54) is 11.8 Å². The van der Waals surface area contributed by atoms with Gasteiger partial charge < -0.3 is 14.7 Å². The number of ether oxygens (including phenoxy) is 1. The normalized spacial score (nSPS) is 23.8. The van der Waals surface area contributed by atoms with E-state index < -0.39 is 12.0 Å². The molecule has 0 aromatic carbocycles. The quantitative estimate of drug-likeness (QED) is 0.570. The molecule has 5 nitrogen and oxygen atoms in total. The molecule has 0 unspecified atom stereocenters. The van der Waals surface area contributed by atoms with Crippen LogP contribution in [0.5, 0.6) is 0 Å². The van der Waals surface area contributed by atoms with Gasteiger partial charge in [-0.15, -0.1) is 0 Å². The molecule has 1 heterocycles. The van der Waals surface area contributed by atoms with Crippen LogP contribution in [-0.4, -0.2) is 47.7 Å². The number of amides is 1. The second kappa shape index (κ2) is 3.53. The van der Waals surface area contributed by atoms with Gasteiger partial charge in [0, 0.05) is 13.5 Å². The van der Waals surface area contributed by atoms with Gasteiger partial charge in [0.05, 0.1) is 13.2 Å². The largest absolute Gasteiger partial charge is 0.480 e. The Morgan fingerprint density at radius 2 is 2.25 bits per heavy atom. The first-order valence-corrected chi connectivity index (χ1v) is 3.70. The van der Waals surface area contributed by atoms with E-state index in [1.54, 1.807) is 0 Å². The maximum atomic E-state index is 10.9. The number of carboxylic acids is 1. The van der Waals surface area contributed by atoms with Crippen molar-refractivity contribution >= 4 is 11.9 Å². The molecule has 0 saturated carbocycles. The van der Waals surface area contributed by atoms with Crippen molar-refractivity contribution in [1.82, 2.24) is 4.90 Å². The Bertz CT molecular complexity index is 182. The van der Waals surface area contributed by atoms with E-state index in [-0.39, 0.29) is 12.5 Å². The number of carboxylic acid groups (broad SMARTS) is 1. The lowest BCUT2D eigenvalue weighted by Gasteiger charge is -2.31. The van der Waals surface area contributed by atoms with Crippen LogP contribution < -0.4 is 0 Å². The third-order valence-corrected chi connectivity index (χ3v) is 1.82. The number of aliphatic carboxylic acids is 1. The summed E-state index contributed by atoms with van der Waals surface area (Å²) in [6.07, 6.45) is 0. The number of carbonyl (C=O) groups is 2. The summed E-state index contributed by atoms with van der Waals surface area (Å²) in [5, 5.41) is 8.68. The number of morpholine rings is 1. The molecular weight excluding hydrogens is 162 g/mol. The van der Waals surface area contributed by atoms with E-state index in [0.29, 0.717) is 13.2 Å². The Labute approximate surface area is 69.9 Å². The van der Waals surface area contributed by atoms with Crippen molar-refractivity contribution in [1.29, 1.82) is 0 Å². The van der Waals surface area contributed by atoms with Crippen LogP contribution in [0.4, 0.5) is 0 Å². The molecule has 1 amide bonds. The minimum Gasteiger partial charge on any atom is -0.480 e. The lowest BCUT2D eigenvalue weighted by atomic mass is 10.2. The highest BCUT2D eigenvalue weighted by Crippen LogP contribution is 2.06. The molecule has 0 bridgehead atoms. The van der Waals surface area contributed by atoms with Gasteiger partial charge >= 0.3 is 5.97 Å². The van der Waals surface area contributed by atoms with Crippen molar-refractivity contribution in [2.45, 2.75) is 13.0 Å². The van der Waals surface area contributed by atoms with Gasteiger partial charge in [-0.3, -0.25) is 4.79 Å². The summed E-state index contributed by atoms with van der Waals surface area (Å²) in [6.45, 7) is 2.24. The van der Waals surface area contributed by atoms with Crippen LogP contribution in [0.3, 0.4) is 0 Å². The standard InChI is InChI=1S/C7H11NO4/c1-5(9)8-2-3-12-4-6(8)7(10)11/h6H,2-4H2,1H3,(H,10,11)/t6-/m0/s1. The average Bonchev–Trinajstić information content (AvgIpc) is 2.04. The highest BCUT2D eigenvalue weighted by Gasteiger charge is 2.30. The van der Waals surface area contributed by atoms with Gasteiger partial charge in [0.15, 0.2) is 6.04 Å². The van der Waals surface area contributed by atoms with Crippen molar-refractivity contribution in [3.8, 4) is 0 Å². The van der Waals surface area contributed by atoms with Gasteiger partial charge in [0.25, 0.3) is 0 Å². The van der Waals surface area contributed by atoms with Crippen molar-refractivity contribution in [2.75, 3.05) is 19.8 Å². The fraction of sp³-hybridized carbons (Fsp3) is 0.714. The number of hydrogen-bond acceptors (Lipinski definition) is 3. The highest BCUT2D eigenvalue weighted by atomic mass is 16.5. The molecule has 68 valence electrons. The maximum absolute atomic E-state index is 10.9. The van der Waals surface area contributed by atoms with E-state index in [0.717, 1.165) is 0 Å². The minimum atomic E-state index is -1.01. The Hall–Kier alpha value is -1.10. The number of hydrogen-bond donors (Lipinski definition) is 1. The van der Waals surface area contributed by atoms with Crippen molar-refractivity contribution in [2.24, 2.45) is 0 Å². The summed E-state index contributed by atoms with van der Waals surface area (Å²) in [7, 11) is 0. The van der Waals surface area contributed by atoms with E-state index in [1.807, 2.05) is 0 Å². The summed E-state index contributed by atoms with van der Waals surface area (Å²) >= 11 is 0. The van der Waals surface area contributed by atoms with Crippen LogP contribution >= 0.6 is 0 Å². The molecule has 0 spiro atoms. The van der Waals surface area contributed by atoms with Crippen LogP contribution in [0.25, 0.3) is 0 Å². The predicted octanol–water partition coefficient (Wildman–Crippen LogP) is -0.682. The zero-order valence-corrected chi connectivity index (χ0v) is 6.82. The molecule has 0 aromatic heterocycles. The fourth-order valence-corrected chi connectivity index (χ4v) is 1.19. The van der Waals surface area contributed by atoms with E-state index in [2.05, 4.69) is 0 Å². The third kappa shape index (κ3) is 1.73. The third-order valence-electron chi connectivity index (χ3n) is 1.82. The average molecular weight is 173 g/mol. The molecule has 0 radical (unpaired) electrons. The molecule has 1 atom stereocenters. The molecule has 1 fully saturated rings. The van der Waals surface area contributed by atoms with Crippen LogP contribution in [0.1, 0.15) is 6.92 Å². The van der Waals surface area contributed by atoms with Gasteiger partial charge in [-0.25, -0.2) is 4.79 Å². The molecular formula is C7H11NO4. The van der Waals surface area contributed by atoms with E-state index >= 15 is 0 Å². The van der Waals surface area contributed by atoms with Crippen LogP contribution in [0.2, 0.25) is 0 Å². The lowest BCUT2D eigenvalue weighted by Crippen LogP contribution is -2.51. The summed E-state index contributed by atoms with van der Waals surface area (Å²) < 4.78 is 4.95. The van der Waals surface area contributed by atoms with Crippen molar-refractivity contribution in [3.63, 3.8) is 0 Å². The van der Waals surface area contributed by atoms with Gasteiger partial charge in [-0.05, 0) is 0 Å². The number of nitrogens with zero attached hydrogens (tertiary/aromatic N) is 1. The summed E-state index contributed by atoms with van der Waals surface area (Å²) in [5.74, 6) is -1.23. The zero-order valence-electron chi connectivity index (χ0n) is 6.82. The molecule has 1 rings (SSSR count). The van der Waals surface area contributed by atoms with Crippen molar-refractivity contribution < 1.29 is 19.4 Å². The topological polar surface area (TPSA) is 66.8 Å². The molecule has 5 heteroatoms. The Kier molecular flexibility index (Phi) is 2.65. The SMILES string of the molecule is CC(=O)N1CCOC[C@H]1C(=O)O. The number of rotatable bonds is 1. The first-order valence-electron chi connectivity index (χ1n) is 3.70. The Balaban J connectivity index is 2.67. The summed E-state index contributed by atoms with van der Waals surface area (Å²) in [4.78, 5) is 22.8. The predicted molar refractivity (Wildman–Crippen MR) is 39.6 cm³/mol. The fourth-order valence-electron chi connectivity index (χ4n) is 1.19. The van der Waals surface area contributed by atoms with Crippen molar-refractivity contribution in [3.05, 3.63) is 0 Å². The second-order valence-electron chi connectivity index (χ2n) is 2.64. The highest BCUT2D eigenvalue weighted by molar-refractivity contribution is 5.82. The molecule has 1 aliphatic rings. The second-order valence-corrected chi connectivity index (χ2v) is 2.64. The molecule has 1 N–H and O–H groups in total. The van der Waals surface area contributed by atoms with Gasteiger partial charge in [-0.2, -0.15) is 0 Å². The minimum absolute atomic E-state index is 0.0922. The van der Waals surface area contributed by atoms with Crippen LogP contribution in [0.15, 0.2) is 0 Å². The summed E-state index contributed by atoms with van der Waals surface area (Å²) in [6, 6.07) is -0.809.